The van der Waals surface area contributed by atoms with Gasteiger partial charge in [0.05, 0.1) is 7.11 Å². The van der Waals surface area contributed by atoms with E-state index in [2.05, 4.69) is 5.32 Å². The Labute approximate surface area is 167 Å². The van der Waals surface area contributed by atoms with Gasteiger partial charge in [-0.25, -0.2) is 0 Å². The van der Waals surface area contributed by atoms with E-state index >= 15 is 0 Å². The van der Waals surface area contributed by atoms with Gasteiger partial charge in [-0.05, 0) is 23.1 Å². The van der Waals surface area contributed by atoms with E-state index in [9.17, 15) is 14.4 Å². The third-order valence-corrected chi connectivity index (χ3v) is 5.78. The zero-order valence-electron chi connectivity index (χ0n) is 15.8. The average molecular weight is 406 g/mol. The Morgan fingerprint density at radius 1 is 1.21 bits per heavy atom. The number of carbonyl (C=O) groups excluding carboxylic acids is 3. The number of methoxy groups -OCH3 is 2. The van der Waals surface area contributed by atoms with Gasteiger partial charge in [-0.2, -0.15) is 0 Å². The number of thioether (sulfide) groups is 1. The predicted molar refractivity (Wildman–Crippen MR) is 102 cm³/mol. The number of hydrogen-bond donors (Lipinski definition) is 1. The van der Waals surface area contributed by atoms with Crippen molar-refractivity contribution in [3.63, 3.8) is 0 Å². The molecule has 2 aliphatic rings. The molecule has 1 fully saturated rings. The highest BCUT2D eigenvalue weighted by Crippen LogP contribution is 2.41. The first kappa shape index (κ1) is 20.2. The van der Waals surface area contributed by atoms with Crippen molar-refractivity contribution >= 4 is 29.5 Å². The second-order valence-electron chi connectivity index (χ2n) is 6.37. The van der Waals surface area contributed by atoms with Crippen LogP contribution in [0.25, 0.3) is 0 Å². The minimum atomic E-state index is -0.831. The van der Waals surface area contributed by atoms with E-state index in [4.69, 9.17) is 14.2 Å². The molecule has 9 heteroatoms. The van der Waals surface area contributed by atoms with E-state index in [1.54, 1.807) is 12.5 Å². The van der Waals surface area contributed by atoms with Gasteiger partial charge in [0.1, 0.15) is 23.8 Å². The molecule has 3 rings (SSSR count). The molecule has 1 unspecified atom stereocenters. The highest BCUT2D eigenvalue weighted by atomic mass is 32.2. The number of ether oxygens (including phenoxy) is 3. The average Bonchev–Trinajstić information content (AvgIpc) is 2.70. The Bertz CT molecular complexity index is 794. The molecule has 1 aromatic rings. The lowest BCUT2D eigenvalue weighted by Crippen LogP contribution is -2.70. The molecule has 2 aliphatic heterocycles. The molecular weight excluding hydrogens is 384 g/mol. The van der Waals surface area contributed by atoms with Gasteiger partial charge >= 0.3 is 5.97 Å². The fourth-order valence-corrected chi connectivity index (χ4v) is 4.35. The van der Waals surface area contributed by atoms with Crippen molar-refractivity contribution in [2.24, 2.45) is 0 Å². The summed E-state index contributed by atoms with van der Waals surface area (Å²) in [6, 6.07) is 6.49. The van der Waals surface area contributed by atoms with E-state index in [-0.39, 0.29) is 23.8 Å². The largest absolute Gasteiger partial charge is 0.497 e. The Morgan fingerprint density at radius 3 is 2.54 bits per heavy atom. The topological polar surface area (TPSA) is 94.2 Å². The number of nitrogens with zero attached hydrogens (tertiary/aromatic N) is 1. The number of amides is 2. The second-order valence-corrected chi connectivity index (χ2v) is 7.36. The number of rotatable bonds is 7. The van der Waals surface area contributed by atoms with Crippen LogP contribution in [0, 0.1) is 0 Å². The molecule has 3 atom stereocenters. The van der Waals surface area contributed by atoms with Crippen molar-refractivity contribution in [3.05, 3.63) is 40.8 Å². The Balaban J connectivity index is 1.72. The lowest BCUT2D eigenvalue weighted by Gasteiger charge is -2.51. The standard InChI is InChI=1S/C19H22N2O6S/c1-11(22)27-9-13-10-28-19-16(26-3)18(24)21(19)15(13)17(23)20-8-12-4-6-14(25-2)7-5-12/h4-7,10,15-16,19H,8-9H2,1-3H3,(H,20,23)/t15?,16-,19+/m0/s1. The molecule has 28 heavy (non-hydrogen) atoms. The zero-order chi connectivity index (χ0) is 20.3. The van der Waals surface area contributed by atoms with Gasteiger partial charge in [-0.1, -0.05) is 12.1 Å². The summed E-state index contributed by atoms with van der Waals surface area (Å²) < 4.78 is 15.4. The molecule has 0 bridgehead atoms. The van der Waals surface area contributed by atoms with Gasteiger partial charge in [0, 0.05) is 26.2 Å². The highest BCUT2D eigenvalue weighted by Gasteiger charge is 2.55. The molecule has 0 spiro atoms. The second kappa shape index (κ2) is 8.66. The first-order valence-corrected chi connectivity index (χ1v) is 9.64. The molecular formula is C19H22N2O6S. The fourth-order valence-electron chi connectivity index (χ4n) is 3.11. The highest BCUT2D eigenvalue weighted by molar-refractivity contribution is 8.02. The van der Waals surface area contributed by atoms with Gasteiger partial charge in [0.15, 0.2) is 6.10 Å². The third-order valence-electron chi connectivity index (χ3n) is 4.59. The van der Waals surface area contributed by atoms with Crippen LogP contribution in [0.3, 0.4) is 0 Å². The Hall–Kier alpha value is -2.52. The van der Waals surface area contributed by atoms with Crippen LogP contribution in [0.5, 0.6) is 5.75 Å². The Kier molecular flexibility index (Phi) is 6.25. The molecule has 2 heterocycles. The molecule has 1 aromatic carbocycles. The van der Waals surface area contributed by atoms with Crippen LogP contribution < -0.4 is 10.1 Å². The summed E-state index contributed by atoms with van der Waals surface area (Å²) in [5.41, 5.74) is 1.46. The summed E-state index contributed by atoms with van der Waals surface area (Å²) in [5.74, 6) is -0.304. The fraction of sp³-hybridized carbons (Fsp3) is 0.421. The molecule has 2 amide bonds. The maximum atomic E-state index is 12.9. The van der Waals surface area contributed by atoms with Gasteiger partial charge < -0.3 is 24.4 Å². The van der Waals surface area contributed by atoms with Crippen LogP contribution in [-0.2, 0) is 30.4 Å². The number of fused-ring (bicyclic) bond motifs is 1. The van der Waals surface area contributed by atoms with Crippen molar-refractivity contribution in [1.29, 1.82) is 0 Å². The summed E-state index contributed by atoms with van der Waals surface area (Å²) in [7, 11) is 3.06. The monoisotopic (exact) mass is 406 g/mol. The minimum Gasteiger partial charge on any atom is -0.497 e. The van der Waals surface area contributed by atoms with E-state index in [1.807, 2.05) is 24.3 Å². The summed E-state index contributed by atoms with van der Waals surface area (Å²) in [4.78, 5) is 38.0. The molecule has 0 saturated carbocycles. The summed E-state index contributed by atoms with van der Waals surface area (Å²) in [5, 5.41) is 4.37. The number of esters is 1. The normalized spacial score (nSPS) is 23.2. The first-order valence-electron chi connectivity index (χ1n) is 8.69. The lowest BCUT2D eigenvalue weighted by molar-refractivity contribution is -0.168. The number of hydrogen-bond acceptors (Lipinski definition) is 7. The summed E-state index contributed by atoms with van der Waals surface area (Å²) >= 11 is 1.38. The molecule has 150 valence electrons. The van der Waals surface area contributed by atoms with Gasteiger partial charge in [-0.15, -0.1) is 11.8 Å². The van der Waals surface area contributed by atoms with Gasteiger partial charge in [0.2, 0.25) is 5.91 Å². The predicted octanol–water partition coefficient (Wildman–Crippen LogP) is 1.06. The van der Waals surface area contributed by atoms with E-state index in [0.717, 1.165) is 11.3 Å². The van der Waals surface area contributed by atoms with Crippen molar-refractivity contribution in [2.45, 2.75) is 31.0 Å². The molecule has 8 nitrogen and oxygen atoms in total. The summed E-state index contributed by atoms with van der Waals surface area (Å²) in [6.45, 7) is 1.55. The van der Waals surface area contributed by atoms with Crippen LogP contribution in [0.2, 0.25) is 0 Å². The molecule has 1 N–H and O–H groups in total. The smallest absolute Gasteiger partial charge is 0.302 e. The number of nitrogens with one attached hydrogen (secondary N) is 1. The number of benzene rings is 1. The first-order chi connectivity index (χ1) is 13.5. The third kappa shape index (κ3) is 4.00. The van der Waals surface area contributed by atoms with Gasteiger partial charge in [-0.3, -0.25) is 14.4 Å². The SMILES string of the molecule is COc1ccc(CNC(=O)C2C(COC(C)=O)=CS[C@@H]3[C@@H](OC)C(=O)N23)cc1. The summed E-state index contributed by atoms with van der Waals surface area (Å²) in [6.07, 6.45) is -0.576. The maximum absolute atomic E-state index is 12.9. The molecule has 0 radical (unpaired) electrons. The van der Waals surface area contributed by atoms with Crippen molar-refractivity contribution in [2.75, 3.05) is 20.8 Å². The van der Waals surface area contributed by atoms with Crippen LogP contribution in [0.4, 0.5) is 0 Å². The molecule has 0 aliphatic carbocycles. The van der Waals surface area contributed by atoms with Crippen LogP contribution in [0.1, 0.15) is 12.5 Å². The quantitative estimate of drug-likeness (QED) is 0.534. The van der Waals surface area contributed by atoms with Gasteiger partial charge in [0.25, 0.3) is 5.91 Å². The number of β-lactam (4-membered cyclic amide) rings is 1. The van der Waals surface area contributed by atoms with Crippen LogP contribution in [0.15, 0.2) is 35.2 Å². The molecule has 0 aromatic heterocycles. The maximum Gasteiger partial charge on any atom is 0.302 e. The van der Waals surface area contributed by atoms with E-state index < -0.39 is 18.1 Å². The van der Waals surface area contributed by atoms with Crippen LogP contribution in [-0.4, -0.2) is 61.0 Å². The minimum absolute atomic E-state index is 0.0445. The Morgan fingerprint density at radius 2 is 1.93 bits per heavy atom. The number of carbonyl (C=O) groups is 3. The van der Waals surface area contributed by atoms with E-state index in [1.165, 1.54) is 30.7 Å². The van der Waals surface area contributed by atoms with E-state index in [0.29, 0.717) is 12.1 Å². The van der Waals surface area contributed by atoms with Crippen molar-refractivity contribution < 1.29 is 28.6 Å². The van der Waals surface area contributed by atoms with Crippen molar-refractivity contribution in [3.8, 4) is 5.75 Å². The lowest BCUT2D eigenvalue weighted by atomic mass is 9.99. The van der Waals surface area contributed by atoms with Crippen LogP contribution >= 0.6 is 11.8 Å². The molecule has 1 saturated heterocycles. The zero-order valence-corrected chi connectivity index (χ0v) is 16.7. The van der Waals surface area contributed by atoms with Crippen molar-refractivity contribution in [1.82, 2.24) is 10.2 Å².